The van der Waals surface area contributed by atoms with Crippen molar-refractivity contribution < 1.29 is 22.7 Å². The zero-order valence-electron chi connectivity index (χ0n) is 22.8. The summed E-state index contributed by atoms with van der Waals surface area (Å²) in [7, 11) is -0.809. The summed E-state index contributed by atoms with van der Waals surface area (Å²) in [6, 6.07) is 22.0. The van der Waals surface area contributed by atoms with Crippen molar-refractivity contribution in [3.63, 3.8) is 0 Å². The fourth-order valence-corrected chi connectivity index (χ4v) is 5.32. The monoisotopic (exact) mass is 569 g/mol. The van der Waals surface area contributed by atoms with Gasteiger partial charge in [0.05, 0.1) is 35.9 Å². The summed E-state index contributed by atoms with van der Waals surface area (Å²) in [5, 5.41) is 3.53. The molecule has 208 valence electrons. The van der Waals surface area contributed by atoms with Crippen molar-refractivity contribution in [2.45, 2.75) is 18.7 Å². The second kappa shape index (κ2) is 11.2. The normalized spacial score (nSPS) is 11.2. The van der Waals surface area contributed by atoms with Crippen molar-refractivity contribution in [1.29, 1.82) is 0 Å². The smallest absolute Gasteiger partial charge is 0.264 e. The van der Waals surface area contributed by atoms with Crippen molar-refractivity contribution in [1.82, 2.24) is 15.0 Å². The first kappa shape index (κ1) is 27.5. The van der Waals surface area contributed by atoms with E-state index in [0.29, 0.717) is 56.3 Å². The van der Waals surface area contributed by atoms with Crippen LogP contribution in [0.1, 0.15) is 21.7 Å². The Hall–Kier alpha value is -5.03. The highest BCUT2D eigenvalue weighted by atomic mass is 32.2. The maximum atomic E-state index is 13.5. The van der Waals surface area contributed by atoms with Gasteiger partial charge >= 0.3 is 0 Å². The third-order valence-corrected chi connectivity index (χ3v) is 7.62. The lowest BCUT2D eigenvalue weighted by Crippen LogP contribution is -2.16. The lowest BCUT2D eigenvalue weighted by molar-refractivity contribution is 0.102. The molecule has 0 fully saturated rings. The van der Waals surface area contributed by atoms with E-state index in [-0.39, 0.29) is 16.8 Å². The van der Waals surface area contributed by atoms with E-state index in [1.807, 2.05) is 30.3 Å². The molecule has 10 nitrogen and oxygen atoms in total. The quantitative estimate of drug-likeness (QED) is 0.255. The molecule has 2 heterocycles. The number of hydrogen-bond acceptors (Lipinski definition) is 8. The molecular weight excluding hydrogens is 542 g/mol. The Morgan fingerprint density at radius 2 is 1.51 bits per heavy atom. The summed E-state index contributed by atoms with van der Waals surface area (Å²) in [5.41, 5.74) is 3.98. The van der Waals surface area contributed by atoms with Gasteiger partial charge in [-0.15, -0.1) is 0 Å². The summed E-state index contributed by atoms with van der Waals surface area (Å²) in [6.45, 7) is 3.51. The number of methoxy groups -OCH3 is 2. The lowest BCUT2D eigenvalue weighted by Gasteiger charge is -2.14. The molecule has 1 amide bonds. The molecule has 0 aliphatic rings. The van der Waals surface area contributed by atoms with Crippen LogP contribution in [-0.4, -0.2) is 43.5 Å². The van der Waals surface area contributed by atoms with Crippen molar-refractivity contribution in [3.8, 4) is 22.8 Å². The number of amides is 1. The third-order valence-electron chi connectivity index (χ3n) is 6.28. The van der Waals surface area contributed by atoms with Crippen LogP contribution in [0.5, 0.6) is 11.5 Å². The van der Waals surface area contributed by atoms with Crippen LogP contribution in [0.15, 0.2) is 83.8 Å². The Bertz CT molecular complexity index is 1860. The average molecular weight is 570 g/mol. The van der Waals surface area contributed by atoms with Gasteiger partial charge in [0.15, 0.2) is 0 Å². The van der Waals surface area contributed by atoms with Crippen LogP contribution in [-0.2, 0) is 10.0 Å². The zero-order valence-corrected chi connectivity index (χ0v) is 23.6. The molecule has 11 heteroatoms. The molecule has 0 aliphatic heterocycles. The van der Waals surface area contributed by atoms with E-state index in [0.717, 1.165) is 0 Å². The SMILES string of the molecule is COc1ccc(-c2cc(C(=O)Nc3ccc(S(=O)(=O)Nc4nc(C)cc(C)n4)cc3)c3ccccc3n2)c(OC)c1. The summed E-state index contributed by atoms with van der Waals surface area (Å²) < 4.78 is 39.0. The maximum Gasteiger partial charge on any atom is 0.264 e. The number of aryl methyl sites for hydroxylation is 2. The Morgan fingerprint density at radius 1 is 0.805 bits per heavy atom. The number of para-hydroxylation sites is 1. The number of fused-ring (bicyclic) bond motifs is 1. The van der Waals surface area contributed by atoms with E-state index in [9.17, 15) is 13.2 Å². The molecule has 0 bridgehead atoms. The van der Waals surface area contributed by atoms with Crippen molar-refractivity contribution in [2.24, 2.45) is 0 Å². The number of sulfonamides is 1. The number of rotatable bonds is 8. The Labute approximate surface area is 237 Å². The number of nitrogens with one attached hydrogen (secondary N) is 2. The Balaban J connectivity index is 1.43. The van der Waals surface area contributed by atoms with E-state index in [4.69, 9.17) is 14.5 Å². The van der Waals surface area contributed by atoms with Gasteiger partial charge in [-0.25, -0.2) is 28.1 Å². The van der Waals surface area contributed by atoms with Gasteiger partial charge < -0.3 is 14.8 Å². The van der Waals surface area contributed by atoms with Crippen LogP contribution < -0.4 is 19.5 Å². The molecule has 0 saturated heterocycles. The number of carbonyl (C=O) groups excluding carboxylic acids is 1. The molecule has 0 atom stereocenters. The maximum absolute atomic E-state index is 13.5. The van der Waals surface area contributed by atoms with Crippen LogP contribution in [0.4, 0.5) is 11.6 Å². The molecule has 41 heavy (non-hydrogen) atoms. The number of hydrogen-bond donors (Lipinski definition) is 2. The minimum absolute atomic E-state index is 0.00139. The summed E-state index contributed by atoms with van der Waals surface area (Å²) in [5.74, 6) is 0.796. The van der Waals surface area contributed by atoms with E-state index in [2.05, 4.69) is 20.0 Å². The van der Waals surface area contributed by atoms with Crippen LogP contribution in [0.3, 0.4) is 0 Å². The van der Waals surface area contributed by atoms with E-state index < -0.39 is 10.0 Å². The van der Waals surface area contributed by atoms with Gasteiger partial charge in [-0.05, 0) is 68.4 Å². The van der Waals surface area contributed by atoms with Crippen LogP contribution in [0.25, 0.3) is 22.2 Å². The van der Waals surface area contributed by atoms with Crippen molar-refractivity contribution in [3.05, 3.63) is 95.8 Å². The molecule has 3 aromatic carbocycles. The highest BCUT2D eigenvalue weighted by molar-refractivity contribution is 7.92. The molecule has 5 rings (SSSR count). The van der Waals surface area contributed by atoms with Gasteiger partial charge in [0.1, 0.15) is 11.5 Å². The largest absolute Gasteiger partial charge is 0.497 e. The van der Waals surface area contributed by atoms with E-state index >= 15 is 0 Å². The van der Waals surface area contributed by atoms with Gasteiger partial charge in [-0.1, -0.05) is 18.2 Å². The first-order chi connectivity index (χ1) is 19.7. The van der Waals surface area contributed by atoms with Gasteiger partial charge in [-0.2, -0.15) is 0 Å². The molecule has 2 aromatic heterocycles. The number of ether oxygens (including phenoxy) is 2. The van der Waals surface area contributed by atoms with Crippen molar-refractivity contribution in [2.75, 3.05) is 24.3 Å². The zero-order chi connectivity index (χ0) is 29.1. The minimum Gasteiger partial charge on any atom is -0.497 e. The molecule has 5 aromatic rings. The highest BCUT2D eigenvalue weighted by Crippen LogP contribution is 2.34. The van der Waals surface area contributed by atoms with Gasteiger partial charge in [0.25, 0.3) is 15.9 Å². The second-order valence-electron chi connectivity index (χ2n) is 9.20. The highest BCUT2D eigenvalue weighted by Gasteiger charge is 2.19. The van der Waals surface area contributed by atoms with Crippen LogP contribution in [0, 0.1) is 13.8 Å². The summed E-state index contributed by atoms with van der Waals surface area (Å²) in [6.07, 6.45) is 0. The predicted octanol–water partition coefficient (Wildman–Crippen LogP) is 5.38. The third kappa shape index (κ3) is 5.94. The van der Waals surface area contributed by atoms with Gasteiger partial charge in [0, 0.05) is 34.1 Å². The molecule has 2 N–H and O–H groups in total. The van der Waals surface area contributed by atoms with Gasteiger partial charge in [0.2, 0.25) is 5.95 Å². The second-order valence-corrected chi connectivity index (χ2v) is 10.9. The fourth-order valence-electron chi connectivity index (χ4n) is 4.38. The molecule has 0 spiro atoms. The van der Waals surface area contributed by atoms with Gasteiger partial charge in [-0.3, -0.25) is 4.79 Å². The standard InChI is InChI=1S/C30H27N5O5S/c1-18-15-19(2)32-30(31-18)35-41(37,38)22-12-9-20(10-13-22)33-29(36)25-17-27(34-26-8-6-5-7-23(25)26)24-14-11-21(39-3)16-28(24)40-4/h5-17H,1-4H3,(H,33,36)(H,31,32,35). The van der Waals surface area contributed by atoms with E-state index in [1.165, 1.54) is 24.3 Å². The molecular formula is C30H27N5O5S. The topological polar surface area (TPSA) is 132 Å². The van der Waals surface area contributed by atoms with E-state index in [1.54, 1.807) is 52.3 Å². The number of aromatic nitrogens is 3. The summed E-state index contributed by atoms with van der Waals surface area (Å²) in [4.78, 5) is 26.5. The Kier molecular flexibility index (Phi) is 7.54. The van der Waals surface area contributed by atoms with Crippen LogP contribution in [0.2, 0.25) is 0 Å². The fraction of sp³-hybridized carbons (Fsp3) is 0.133. The number of carbonyl (C=O) groups is 1. The number of pyridine rings is 1. The van der Waals surface area contributed by atoms with Crippen molar-refractivity contribution >= 4 is 38.5 Å². The Morgan fingerprint density at radius 3 is 2.20 bits per heavy atom. The van der Waals surface area contributed by atoms with Crippen LogP contribution >= 0.6 is 0 Å². The summed E-state index contributed by atoms with van der Waals surface area (Å²) >= 11 is 0. The minimum atomic E-state index is -3.94. The first-order valence-electron chi connectivity index (χ1n) is 12.6. The molecule has 0 unspecified atom stereocenters. The molecule has 0 aliphatic carbocycles. The number of benzene rings is 3. The average Bonchev–Trinajstić information content (AvgIpc) is 2.95. The molecule has 0 saturated carbocycles. The lowest BCUT2D eigenvalue weighted by atomic mass is 10.0. The first-order valence-corrected chi connectivity index (χ1v) is 14.0. The number of nitrogens with zero attached hydrogens (tertiary/aromatic N) is 3. The number of anilines is 2. The predicted molar refractivity (Wildman–Crippen MR) is 157 cm³/mol. The molecule has 0 radical (unpaired) electrons.